The normalized spacial score (nSPS) is 10.4. The van der Waals surface area contributed by atoms with Crippen LogP contribution in [0, 0.1) is 0 Å². The van der Waals surface area contributed by atoms with Crippen molar-refractivity contribution in [2.75, 3.05) is 6.54 Å². The van der Waals surface area contributed by atoms with Crippen LogP contribution in [0.4, 0.5) is 0 Å². The number of Topliss-reactive ketones (excluding diaryl/α,β-unsaturated/α-hetero) is 1. The summed E-state index contributed by atoms with van der Waals surface area (Å²) in [6, 6.07) is 11.9. The predicted octanol–water partition coefficient (Wildman–Crippen LogP) is 1.94. The summed E-state index contributed by atoms with van der Waals surface area (Å²) in [5.74, 6) is 0.208. The van der Waals surface area contributed by atoms with Crippen molar-refractivity contribution in [1.29, 1.82) is 0 Å². The highest BCUT2D eigenvalue weighted by molar-refractivity contribution is 5.83. The van der Waals surface area contributed by atoms with Gasteiger partial charge in [-0.1, -0.05) is 30.3 Å². The van der Waals surface area contributed by atoms with Crippen molar-refractivity contribution in [3.8, 4) is 0 Å². The van der Waals surface area contributed by atoms with Crippen molar-refractivity contribution < 1.29 is 4.79 Å². The van der Waals surface area contributed by atoms with Crippen LogP contribution in [0.3, 0.4) is 0 Å². The molecule has 1 aromatic heterocycles. The van der Waals surface area contributed by atoms with Gasteiger partial charge < -0.3 is 5.73 Å². The molecule has 2 aromatic rings. The van der Waals surface area contributed by atoms with E-state index in [-0.39, 0.29) is 5.78 Å². The lowest BCUT2D eigenvalue weighted by Crippen LogP contribution is -2.07. The molecule has 3 heteroatoms. The number of hydrogen-bond acceptors (Lipinski definition) is 3. The fraction of sp³-hybridized carbons (Fsp3) is 0.250. The smallest absolute Gasteiger partial charge is 0.141 e. The summed E-state index contributed by atoms with van der Waals surface area (Å²) < 4.78 is 0. The van der Waals surface area contributed by atoms with E-state index in [1.807, 2.05) is 36.4 Å². The number of hydrogen-bond donors (Lipinski definition) is 1. The quantitative estimate of drug-likeness (QED) is 0.857. The number of benzene rings is 1. The minimum Gasteiger partial charge on any atom is -0.330 e. The molecule has 0 fully saturated rings. The van der Waals surface area contributed by atoms with Crippen LogP contribution < -0.4 is 5.73 Å². The van der Waals surface area contributed by atoms with Gasteiger partial charge in [0.2, 0.25) is 0 Å². The summed E-state index contributed by atoms with van der Waals surface area (Å²) in [6.45, 7) is 0.652. The number of nitrogens with two attached hydrogens (primary N) is 1. The summed E-state index contributed by atoms with van der Waals surface area (Å²) >= 11 is 0. The van der Waals surface area contributed by atoms with Crippen LogP contribution in [0.5, 0.6) is 0 Å². The number of carbonyl (C=O) groups excluding carboxylic acids is 1. The van der Waals surface area contributed by atoms with E-state index in [1.54, 1.807) is 12.4 Å². The highest BCUT2D eigenvalue weighted by atomic mass is 16.1. The van der Waals surface area contributed by atoms with Gasteiger partial charge in [0.25, 0.3) is 0 Å². The second-order valence-electron chi connectivity index (χ2n) is 4.61. The molecule has 2 N–H and O–H groups in total. The van der Waals surface area contributed by atoms with Crippen molar-refractivity contribution in [1.82, 2.24) is 4.98 Å². The van der Waals surface area contributed by atoms with Gasteiger partial charge in [0.05, 0.1) is 0 Å². The van der Waals surface area contributed by atoms with Crippen LogP contribution in [0.2, 0.25) is 0 Å². The molecule has 0 aliphatic carbocycles. The number of ketones is 1. The van der Waals surface area contributed by atoms with Gasteiger partial charge in [-0.05, 0) is 35.7 Å². The average Bonchev–Trinajstić information content (AvgIpc) is 2.42. The molecule has 19 heavy (non-hydrogen) atoms. The van der Waals surface area contributed by atoms with Crippen molar-refractivity contribution >= 4 is 5.78 Å². The Morgan fingerprint density at radius 1 is 1.00 bits per heavy atom. The van der Waals surface area contributed by atoms with Crippen LogP contribution in [-0.4, -0.2) is 17.3 Å². The predicted molar refractivity (Wildman–Crippen MR) is 75.9 cm³/mol. The first-order chi connectivity index (χ1) is 9.28. The topological polar surface area (TPSA) is 56.0 Å². The summed E-state index contributed by atoms with van der Waals surface area (Å²) in [5.41, 5.74) is 8.73. The maximum absolute atomic E-state index is 11.9. The minimum atomic E-state index is 0.208. The second kappa shape index (κ2) is 6.81. The van der Waals surface area contributed by atoms with Crippen LogP contribution in [0.15, 0.2) is 48.8 Å². The molecule has 0 amide bonds. The Kier molecular flexibility index (Phi) is 4.81. The maximum Gasteiger partial charge on any atom is 0.141 e. The third kappa shape index (κ3) is 4.30. The zero-order valence-corrected chi connectivity index (χ0v) is 10.9. The number of carbonyl (C=O) groups is 1. The van der Waals surface area contributed by atoms with Crippen molar-refractivity contribution in [3.63, 3.8) is 0 Å². The standard InChI is InChI=1S/C16H18N2O/c17-8-7-13-3-5-14(6-4-13)10-16(19)11-15-2-1-9-18-12-15/h1-6,9,12H,7-8,10-11,17H2. The van der Waals surface area contributed by atoms with Crippen LogP contribution in [0.25, 0.3) is 0 Å². The van der Waals surface area contributed by atoms with Crippen molar-refractivity contribution in [3.05, 3.63) is 65.5 Å². The van der Waals surface area contributed by atoms with Gasteiger partial charge >= 0.3 is 0 Å². The van der Waals surface area contributed by atoms with E-state index < -0.39 is 0 Å². The monoisotopic (exact) mass is 254 g/mol. The highest BCUT2D eigenvalue weighted by Crippen LogP contribution is 2.08. The van der Waals surface area contributed by atoms with Gasteiger partial charge in [-0.2, -0.15) is 0 Å². The Bertz CT molecular complexity index is 520. The average molecular weight is 254 g/mol. The van der Waals surface area contributed by atoms with E-state index in [4.69, 9.17) is 5.73 Å². The van der Waals surface area contributed by atoms with Crippen LogP contribution >= 0.6 is 0 Å². The zero-order chi connectivity index (χ0) is 13.5. The molecule has 0 saturated carbocycles. The fourth-order valence-corrected chi connectivity index (χ4v) is 2.01. The molecule has 3 nitrogen and oxygen atoms in total. The lowest BCUT2D eigenvalue weighted by molar-refractivity contribution is -0.117. The van der Waals surface area contributed by atoms with E-state index in [0.29, 0.717) is 19.4 Å². The largest absolute Gasteiger partial charge is 0.330 e. The Labute approximate surface area is 113 Å². The summed E-state index contributed by atoms with van der Waals surface area (Å²) in [5, 5.41) is 0. The molecule has 0 aliphatic rings. The van der Waals surface area contributed by atoms with E-state index in [2.05, 4.69) is 4.98 Å². The number of aromatic nitrogens is 1. The first kappa shape index (κ1) is 13.4. The van der Waals surface area contributed by atoms with Crippen molar-refractivity contribution in [2.45, 2.75) is 19.3 Å². The van der Waals surface area contributed by atoms with Crippen LogP contribution in [-0.2, 0) is 24.1 Å². The molecule has 0 aliphatic heterocycles. The Hall–Kier alpha value is -2.00. The SMILES string of the molecule is NCCc1ccc(CC(=O)Cc2cccnc2)cc1. The molecule has 0 radical (unpaired) electrons. The Morgan fingerprint density at radius 2 is 1.68 bits per heavy atom. The number of rotatable bonds is 6. The summed E-state index contributed by atoms with van der Waals surface area (Å²) in [4.78, 5) is 16.0. The summed E-state index contributed by atoms with van der Waals surface area (Å²) in [7, 11) is 0. The third-order valence-electron chi connectivity index (χ3n) is 2.98. The molecule has 2 rings (SSSR count). The first-order valence-electron chi connectivity index (χ1n) is 6.46. The fourth-order valence-electron chi connectivity index (χ4n) is 2.01. The molecular formula is C16H18N2O. The molecule has 0 atom stereocenters. The molecular weight excluding hydrogens is 236 g/mol. The molecule has 98 valence electrons. The Morgan fingerprint density at radius 3 is 2.32 bits per heavy atom. The zero-order valence-electron chi connectivity index (χ0n) is 10.9. The van der Waals surface area contributed by atoms with Gasteiger partial charge in [-0.3, -0.25) is 9.78 Å². The molecule has 0 spiro atoms. The van der Waals surface area contributed by atoms with Gasteiger partial charge in [-0.25, -0.2) is 0 Å². The second-order valence-corrected chi connectivity index (χ2v) is 4.61. The number of nitrogens with zero attached hydrogens (tertiary/aromatic N) is 1. The van der Waals surface area contributed by atoms with E-state index in [9.17, 15) is 4.79 Å². The van der Waals surface area contributed by atoms with Gasteiger partial charge in [-0.15, -0.1) is 0 Å². The molecule has 0 bridgehead atoms. The lowest BCUT2D eigenvalue weighted by atomic mass is 10.0. The molecule has 0 saturated heterocycles. The van der Waals surface area contributed by atoms with Gasteiger partial charge in [0.15, 0.2) is 0 Å². The molecule has 1 heterocycles. The van der Waals surface area contributed by atoms with E-state index in [0.717, 1.165) is 17.5 Å². The first-order valence-corrected chi connectivity index (χ1v) is 6.46. The van der Waals surface area contributed by atoms with E-state index >= 15 is 0 Å². The van der Waals surface area contributed by atoms with Gasteiger partial charge in [0, 0.05) is 25.2 Å². The molecule has 0 unspecified atom stereocenters. The molecule has 1 aromatic carbocycles. The highest BCUT2D eigenvalue weighted by Gasteiger charge is 2.05. The van der Waals surface area contributed by atoms with Crippen LogP contribution in [0.1, 0.15) is 16.7 Å². The maximum atomic E-state index is 11.9. The number of pyridine rings is 1. The lowest BCUT2D eigenvalue weighted by Gasteiger charge is -2.03. The Balaban J connectivity index is 1.91. The van der Waals surface area contributed by atoms with Crippen molar-refractivity contribution in [2.24, 2.45) is 5.73 Å². The van der Waals surface area contributed by atoms with E-state index in [1.165, 1.54) is 5.56 Å². The minimum absolute atomic E-state index is 0.208. The third-order valence-corrected chi connectivity index (χ3v) is 2.98. The van der Waals surface area contributed by atoms with Gasteiger partial charge in [0.1, 0.15) is 5.78 Å². The summed E-state index contributed by atoms with van der Waals surface area (Å²) in [6.07, 6.45) is 5.24.